The molecule has 1 amide bonds. The van der Waals surface area contributed by atoms with E-state index in [2.05, 4.69) is 15.6 Å². The number of halogens is 1. The summed E-state index contributed by atoms with van der Waals surface area (Å²) in [5, 5.41) is 8.88. The van der Waals surface area contributed by atoms with E-state index < -0.39 is 0 Å². The van der Waals surface area contributed by atoms with Crippen LogP contribution in [0.3, 0.4) is 0 Å². The molecule has 8 heteroatoms. The van der Waals surface area contributed by atoms with Crippen LogP contribution in [-0.4, -0.2) is 37.2 Å². The lowest BCUT2D eigenvalue weighted by Gasteiger charge is -2.21. The topological polar surface area (TPSA) is 72.5 Å². The highest BCUT2D eigenvalue weighted by atomic mass is 35.5. The van der Waals surface area contributed by atoms with Crippen molar-refractivity contribution in [1.82, 2.24) is 10.3 Å². The summed E-state index contributed by atoms with van der Waals surface area (Å²) in [7, 11) is 0. The van der Waals surface area contributed by atoms with Crippen LogP contribution >= 0.6 is 23.7 Å². The van der Waals surface area contributed by atoms with E-state index in [0.717, 1.165) is 42.3 Å². The van der Waals surface area contributed by atoms with Crippen molar-refractivity contribution in [3.05, 3.63) is 23.6 Å². The van der Waals surface area contributed by atoms with Gasteiger partial charge >= 0.3 is 0 Å². The molecule has 2 aliphatic heterocycles. The zero-order valence-corrected chi connectivity index (χ0v) is 16.7. The van der Waals surface area contributed by atoms with Crippen molar-refractivity contribution in [2.75, 3.05) is 31.6 Å². The van der Waals surface area contributed by atoms with Crippen molar-refractivity contribution in [3.63, 3.8) is 0 Å². The fraction of sp³-hybridized carbons (Fsp3) is 0.474. The molecule has 0 aliphatic carbocycles. The summed E-state index contributed by atoms with van der Waals surface area (Å²) in [6, 6.07) is 5.80. The maximum absolute atomic E-state index is 12.2. The number of ether oxygens (including phenoxy) is 2. The third-order valence-electron chi connectivity index (χ3n) is 4.83. The minimum atomic E-state index is 0. The molecule has 0 saturated carbocycles. The van der Waals surface area contributed by atoms with E-state index in [9.17, 15) is 4.79 Å². The van der Waals surface area contributed by atoms with Crippen LogP contribution < -0.4 is 20.1 Å². The number of amides is 1. The van der Waals surface area contributed by atoms with Crippen molar-refractivity contribution in [3.8, 4) is 22.8 Å². The van der Waals surface area contributed by atoms with Crippen molar-refractivity contribution in [1.29, 1.82) is 0 Å². The van der Waals surface area contributed by atoms with E-state index in [0.29, 0.717) is 30.7 Å². The van der Waals surface area contributed by atoms with Gasteiger partial charge in [-0.05, 0) is 56.5 Å². The molecular weight excluding hydrogens is 386 g/mol. The van der Waals surface area contributed by atoms with Crippen molar-refractivity contribution >= 4 is 34.8 Å². The van der Waals surface area contributed by atoms with Gasteiger partial charge in [0.15, 0.2) is 16.6 Å². The number of thiazole rings is 1. The Balaban J connectivity index is 0.00000210. The van der Waals surface area contributed by atoms with E-state index in [1.807, 2.05) is 23.6 Å². The zero-order valence-electron chi connectivity index (χ0n) is 15.0. The summed E-state index contributed by atoms with van der Waals surface area (Å²) >= 11 is 1.45. The van der Waals surface area contributed by atoms with E-state index in [1.165, 1.54) is 24.2 Å². The van der Waals surface area contributed by atoms with Gasteiger partial charge in [-0.3, -0.25) is 4.79 Å². The predicted octanol–water partition coefficient (Wildman–Crippen LogP) is 3.72. The van der Waals surface area contributed by atoms with Gasteiger partial charge in [0, 0.05) is 17.4 Å². The lowest BCUT2D eigenvalue weighted by molar-refractivity contribution is -0.116. The molecule has 2 aromatic rings. The quantitative estimate of drug-likeness (QED) is 0.787. The zero-order chi connectivity index (χ0) is 17.8. The molecule has 27 heavy (non-hydrogen) atoms. The molecule has 2 N–H and O–H groups in total. The Morgan fingerprint density at radius 2 is 2.00 bits per heavy atom. The van der Waals surface area contributed by atoms with Crippen molar-refractivity contribution in [2.24, 2.45) is 5.92 Å². The van der Waals surface area contributed by atoms with E-state index in [4.69, 9.17) is 9.47 Å². The third kappa shape index (κ3) is 5.12. The molecule has 0 unspecified atom stereocenters. The summed E-state index contributed by atoms with van der Waals surface area (Å²) in [5.41, 5.74) is 1.79. The number of carbonyl (C=O) groups excluding carboxylic acids is 1. The van der Waals surface area contributed by atoms with Gasteiger partial charge in [0.05, 0.1) is 5.69 Å². The highest BCUT2D eigenvalue weighted by Crippen LogP contribution is 2.35. The Morgan fingerprint density at radius 3 is 2.81 bits per heavy atom. The van der Waals surface area contributed by atoms with Gasteiger partial charge in [-0.1, -0.05) is 0 Å². The Kier molecular flexibility index (Phi) is 6.93. The number of hydrogen-bond acceptors (Lipinski definition) is 6. The van der Waals surface area contributed by atoms with Gasteiger partial charge in [0.25, 0.3) is 0 Å². The van der Waals surface area contributed by atoms with Gasteiger partial charge in [0.1, 0.15) is 13.2 Å². The number of piperidine rings is 1. The summed E-state index contributed by atoms with van der Waals surface area (Å²) in [6.07, 6.45) is 3.84. The maximum Gasteiger partial charge on any atom is 0.226 e. The molecular formula is C19H24ClN3O3S. The average molecular weight is 410 g/mol. The molecule has 3 heterocycles. The Bertz CT molecular complexity index is 777. The molecule has 2 aliphatic rings. The first-order valence-corrected chi connectivity index (χ1v) is 10.0. The third-order valence-corrected chi connectivity index (χ3v) is 5.58. The molecule has 0 spiro atoms. The number of anilines is 1. The number of benzene rings is 1. The minimum absolute atomic E-state index is 0. The second kappa shape index (κ2) is 9.39. The molecule has 0 bridgehead atoms. The number of carbonyl (C=O) groups is 1. The highest BCUT2D eigenvalue weighted by Gasteiger charge is 2.16. The van der Waals surface area contributed by atoms with Crippen molar-refractivity contribution in [2.45, 2.75) is 25.7 Å². The van der Waals surface area contributed by atoms with Crippen LogP contribution in [0.1, 0.15) is 25.7 Å². The molecule has 0 atom stereocenters. The molecule has 1 saturated heterocycles. The second-order valence-electron chi connectivity index (χ2n) is 6.68. The number of aromatic nitrogens is 1. The number of nitrogens with zero attached hydrogens (tertiary/aromatic N) is 1. The van der Waals surface area contributed by atoms with Crippen LogP contribution in [0.15, 0.2) is 23.6 Å². The first kappa shape index (κ1) is 19.9. The van der Waals surface area contributed by atoms with Gasteiger partial charge < -0.3 is 20.1 Å². The fourth-order valence-corrected chi connectivity index (χ4v) is 4.09. The Labute approximate surface area is 169 Å². The summed E-state index contributed by atoms with van der Waals surface area (Å²) in [5.74, 6) is 2.22. The first-order valence-electron chi connectivity index (χ1n) is 9.14. The van der Waals surface area contributed by atoms with Gasteiger partial charge in [-0.2, -0.15) is 0 Å². The lowest BCUT2D eigenvalue weighted by Crippen LogP contribution is -2.28. The Hall–Kier alpha value is -1.83. The average Bonchev–Trinajstić information content (AvgIpc) is 3.15. The minimum Gasteiger partial charge on any atom is -0.486 e. The largest absolute Gasteiger partial charge is 0.486 e. The number of nitrogens with one attached hydrogen (secondary N) is 2. The van der Waals surface area contributed by atoms with Crippen LogP contribution in [0.25, 0.3) is 11.3 Å². The van der Waals surface area contributed by atoms with Crippen molar-refractivity contribution < 1.29 is 14.3 Å². The lowest BCUT2D eigenvalue weighted by atomic mass is 9.93. The van der Waals surface area contributed by atoms with E-state index in [1.54, 1.807) is 0 Å². The second-order valence-corrected chi connectivity index (χ2v) is 7.53. The molecule has 146 valence electrons. The fourth-order valence-electron chi connectivity index (χ4n) is 3.35. The van der Waals surface area contributed by atoms with Crippen LogP contribution in [0.2, 0.25) is 0 Å². The van der Waals surface area contributed by atoms with Crippen LogP contribution in [-0.2, 0) is 4.79 Å². The summed E-state index contributed by atoms with van der Waals surface area (Å²) in [4.78, 5) is 16.7. The van der Waals surface area contributed by atoms with Gasteiger partial charge in [-0.25, -0.2) is 4.98 Å². The molecule has 1 aromatic carbocycles. The molecule has 0 radical (unpaired) electrons. The highest BCUT2D eigenvalue weighted by molar-refractivity contribution is 7.14. The van der Waals surface area contributed by atoms with Gasteiger partial charge in [0.2, 0.25) is 5.91 Å². The van der Waals surface area contributed by atoms with Crippen LogP contribution in [0.4, 0.5) is 5.13 Å². The van der Waals surface area contributed by atoms with E-state index >= 15 is 0 Å². The smallest absolute Gasteiger partial charge is 0.226 e. The molecule has 1 fully saturated rings. The molecule has 4 rings (SSSR count). The van der Waals surface area contributed by atoms with E-state index in [-0.39, 0.29) is 18.3 Å². The summed E-state index contributed by atoms with van der Waals surface area (Å²) in [6.45, 7) is 3.28. The monoisotopic (exact) mass is 409 g/mol. The maximum atomic E-state index is 12.2. The van der Waals surface area contributed by atoms with Crippen LogP contribution in [0.5, 0.6) is 11.5 Å². The van der Waals surface area contributed by atoms with Crippen LogP contribution in [0, 0.1) is 5.92 Å². The number of fused-ring (bicyclic) bond motifs is 1. The Morgan fingerprint density at radius 1 is 1.22 bits per heavy atom. The molecule has 6 nitrogen and oxygen atoms in total. The molecule has 1 aromatic heterocycles. The first-order chi connectivity index (χ1) is 12.8. The normalized spacial score (nSPS) is 16.4. The summed E-state index contributed by atoms with van der Waals surface area (Å²) < 4.78 is 11.2. The SMILES string of the molecule is Cl.O=C(CCC1CCNCC1)Nc1nc(-c2ccc3c(c2)OCCO3)cs1. The number of hydrogen-bond donors (Lipinski definition) is 2. The number of rotatable bonds is 5. The predicted molar refractivity (Wildman–Crippen MR) is 109 cm³/mol. The standard InChI is InChI=1S/C19H23N3O3S.ClH/c23-18(4-1-13-5-7-20-8-6-13)22-19-21-15(12-26-19)14-2-3-16-17(11-14)25-10-9-24-16;/h2-3,11-13,20H,1,4-10H2,(H,21,22,23);1H. The van der Waals surface area contributed by atoms with Gasteiger partial charge in [-0.15, -0.1) is 23.7 Å².